The van der Waals surface area contributed by atoms with E-state index in [0.717, 1.165) is 87.9 Å². The Morgan fingerprint density at radius 3 is 1.23 bits per heavy atom. The quantitative estimate of drug-likeness (QED) is 0.0322. The van der Waals surface area contributed by atoms with Crippen LogP contribution in [0.25, 0.3) is 4.85 Å². The lowest BCUT2D eigenvalue weighted by Crippen LogP contribution is -2.50. The van der Waals surface area contributed by atoms with Crippen LogP contribution in [0.3, 0.4) is 0 Å². The monoisotopic (exact) mass is 886 g/mol. The Balaban J connectivity index is 0.000000281. The molecule has 6 rings (SSSR count). The summed E-state index contributed by atoms with van der Waals surface area (Å²) in [5.41, 5.74) is 13.5. The van der Waals surface area contributed by atoms with Gasteiger partial charge in [0.15, 0.2) is 5.69 Å². The van der Waals surface area contributed by atoms with Crippen LogP contribution in [-0.4, -0.2) is 135 Å². The van der Waals surface area contributed by atoms with E-state index in [1.54, 1.807) is 84.9 Å². The fraction of sp³-hybridized carbons (Fsp3) is 0.388. The molecule has 2 saturated heterocycles. The number of amidine groups is 2. The summed E-state index contributed by atoms with van der Waals surface area (Å²) in [4.78, 5) is 36.4. The van der Waals surface area contributed by atoms with Gasteiger partial charge >= 0.3 is 0 Å². The van der Waals surface area contributed by atoms with Gasteiger partial charge in [0.05, 0.1) is 57.7 Å². The first-order chi connectivity index (χ1) is 31.1. The SMILES string of the molecule is C.N=C(N)c1ccc(OCCCN2CCN(CCCOc3ccc(C(=N)N)cc3)C(=O)C2)cc1.[C-]#[N+]c1ccc(OCCCN2CCN(CCCOc3ccc(C#N)cc3)C(=O)C2)cc1. The molecule has 0 aromatic heterocycles. The van der Waals surface area contributed by atoms with Gasteiger partial charge < -0.3 is 40.2 Å². The predicted octanol–water partition coefficient (Wildman–Crippen LogP) is 5.76. The fourth-order valence-corrected chi connectivity index (χ4v) is 6.92. The molecule has 0 atom stereocenters. The molecule has 0 spiro atoms. The number of rotatable bonds is 22. The van der Waals surface area contributed by atoms with Crippen LogP contribution in [0.5, 0.6) is 23.0 Å². The minimum Gasteiger partial charge on any atom is -0.494 e. The maximum Gasteiger partial charge on any atom is 0.236 e. The number of nitriles is 1. The van der Waals surface area contributed by atoms with Gasteiger partial charge in [0.2, 0.25) is 11.8 Å². The van der Waals surface area contributed by atoms with E-state index in [0.29, 0.717) is 75.0 Å². The topological polar surface area (TPSA) is 212 Å². The molecule has 16 nitrogen and oxygen atoms in total. The summed E-state index contributed by atoms with van der Waals surface area (Å²) in [6.07, 6.45) is 3.20. The Morgan fingerprint density at radius 1 is 0.569 bits per heavy atom. The van der Waals surface area contributed by atoms with Gasteiger partial charge in [-0.2, -0.15) is 5.26 Å². The van der Waals surface area contributed by atoms with Crippen molar-refractivity contribution in [1.82, 2.24) is 19.6 Å². The van der Waals surface area contributed by atoms with Crippen LogP contribution in [0.2, 0.25) is 0 Å². The molecule has 0 unspecified atom stereocenters. The Labute approximate surface area is 383 Å². The minimum atomic E-state index is 0. The zero-order valence-electron chi connectivity index (χ0n) is 36.3. The van der Waals surface area contributed by atoms with E-state index in [2.05, 4.69) is 20.7 Å². The number of ether oxygens (including phenoxy) is 4. The van der Waals surface area contributed by atoms with Crippen molar-refractivity contribution in [2.24, 2.45) is 11.5 Å². The molecule has 0 bridgehead atoms. The molecule has 344 valence electrons. The normalized spacial score (nSPS) is 13.9. The lowest BCUT2D eigenvalue weighted by molar-refractivity contribution is -0.136. The maximum absolute atomic E-state index is 12.5. The first kappa shape index (κ1) is 50.5. The van der Waals surface area contributed by atoms with Gasteiger partial charge in [-0.15, -0.1) is 0 Å². The molecule has 16 heteroatoms. The van der Waals surface area contributed by atoms with Crippen LogP contribution in [0.15, 0.2) is 97.1 Å². The number of nitrogens with zero attached hydrogens (tertiary/aromatic N) is 6. The molecule has 65 heavy (non-hydrogen) atoms. The molecule has 2 aliphatic rings. The number of nitrogen functional groups attached to an aromatic ring is 2. The highest BCUT2D eigenvalue weighted by Crippen LogP contribution is 2.19. The van der Waals surface area contributed by atoms with Crippen molar-refractivity contribution in [2.45, 2.75) is 33.1 Å². The predicted molar refractivity (Wildman–Crippen MR) is 252 cm³/mol. The molecule has 4 aromatic rings. The number of nitrogens with one attached hydrogen (secondary N) is 2. The summed E-state index contributed by atoms with van der Waals surface area (Å²) in [6.45, 7) is 16.2. The first-order valence-corrected chi connectivity index (χ1v) is 21.5. The molecule has 2 heterocycles. The molecule has 0 radical (unpaired) electrons. The zero-order valence-corrected chi connectivity index (χ0v) is 36.3. The lowest BCUT2D eigenvalue weighted by atomic mass is 10.2. The molecule has 4 aromatic carbocycles. The zero-order chi connectivity index (χ0) is 45.5. The highest BCUT2D eigenvalue weighted by atomic mass is 16.5. The van der Waals surface area contributed by atoms with Crippen LogP contribution in [-0.2, 0) is 9.59 Å². The van der Waals surface area contributed by atoms with Crippen LogP contribution in [0.4, 0.5) is 5.69 Å². The maximum atomic E-state index is 12.5. The third-order valence-electron chi connectivity index (χ3n) is 10.5. The number of carbonyl (C=O) groups excluding carboxylic acids is 2. The standard InChI is InChI=1S/C24H32N6O3.C24H26N4O3.CH4/c25-23(26)18-3-7-20(8-4-18)32-15-1-11-29-13-14-30(22(31)17-29)12-2-16-33-21-9-5-19(6-10-21)24(27)28;1-26-21-6-10-23(11-7-21)30-16-2-12-27-14-15-28(24(29)19-27)13-3-17-31-22-8-4-20(18-25)5-9-22;/h3-10H,1-2,11-17H2,(H3,25,26)(H3,27,28);4-11H,2-3,12-17,19H2;1H4. The molecule has 0 aliphatic carbocycles. The third-order valence-corrected chi connectivity index (χ3v) is 10.5. The molecule has 0 saturated carbocycles. The molecule has 2 aliphatic heterocycles. The van der Waals surface area contributed by atoms with Crippen LogP contribution < -0.4 is 30.4 Å². The van der Waals surface area contributed by atoms with Crippen LogP contribution >= 0.6 is 0 Å². The van der Waals surface area contributed by atoms with E-state index in [1.807, 2.05) is 21.9 Å². The average Bonchev–Trinajstić information content (AvgIpc) is 3.31. The van der Waals surface area contributed by atoms with Crippen molar-refractivity contribution in [1.29, 1.82) is 16.1 Å². The molecule has 2 amide bonds. The summed E-state index contributed by atoms with van der Waals surface area (Å²) in [7, 11) is 0. The Hall–Kier alpha value is -7.14. The van der Waals surface area contributed by atoms with E-state index < -0.39 is 0 Å². The summed E-state index contributed by atoms with van der Waals surface area (Å²) in [6, 6.07) is 30.5. The van der Waals surface area contributed by atoms with Gasteiger partial charge in [-0.05, 0) is 111 Å². The molecule has 2 fully saturated rings. The Bertz CT molecular complexity index is 2190. The van der Waals surface area contributed by atoms with E-state index in [4.69, 9.17) is 53.1 Å². The van der Waals surface area contributed by atoms with E-state index >= 15 is 0 Å². The first-order valence-electron chi connectivity index (χ1n) is 21.5. The van der Waals surface area contributed by atoms with Gasteiger partial charge in [-0.1, -0.05) is 19.6 Å². The second-order valence-corrected chi connectivity index (χ2v) is 15.2. The van der Waals surface area contributed by atoms with Gasteiger partial charge in [-0.3, -0.25) is 30.2 Å². The highest BCUT2D eigenvalue weighted by Gasteiger charge is 2.24. The number of piperazine rings is 2. The average molecular weight is 887 g/mol. The summed E-state index contributed by atoms with van der Waals surface area (Å²) in [5.74, 6) is 3.35. The largest absolute Gasteiger partial charge is 0.494 e. The molecule has 6 N–H and O–H groups in total. The summed E-state index contributed by atoms with van der Waals surface area (Å²) in [5, 5.41) is 23.6. The van der Waals surface area contributed by atoms with Gasteiger partial charge in [0.1, 0.15) is 34.7 Å². The Kier molecular flexibility index (Phi) is 21.1. The van der Waals surface area contributed by atoms with Gasteiger partial charge in [0, 0.05) is 63.5 Å². The van der Waals surface area contributed by atoms with Crippen LogP contribution in [0.1, 0.15) is 49.8 Å². The smallest absolute Gasteiger partial charge is 0.236 e. The summed E-state index contributed by atoms with van der Waals surface area (Å²) < 4.78 is 22.8. The number of benzene rings is 4. The van der Waals surface area contributed by atoms with Crippen LogP contribution in [0, 0.1) is 28.7 Å². The van der Waals surface area contributed by atoms with Crippen molar-refractivity contribution in [2.75, 3.05) is 91.9 Å². The van der Waals surface area contributed by atoms with E-state index in [1.165, 1.54) is 0 Å². The van der Waals surface area contributed by atoms with Crippen molar-refractivity contribution >= 4 is 29.2 Å². The third kappa shape index (κ3) is 17.5. The van der Waals surface area contributed by atoms with Gasteiger partial charge in [0.25, 0.3) is 0 Å². The lowest BCUT2D eigenvalue weighted by Gasteiger charge is -2.34. The minimum absolute atomic E-state index is 0. The van der Waals surface area contributed by atoms with E-state index in [-0.39, 0.29) is 30.9 Å². The second-order valence-electron chi connectivity index (χ2n) is 15.2. The highest BCUT2D eigenvalue weighted by molar-refractivity contribution is 5.95. The van der Waals surface area contributed by atoms with E-state index in [9.17, 15) is 9.59 Å². The molecular weight excluding hydrogens is 825 g/mol. The van der Waals surface area contributed by atoms with Crippen molar-refractivity contribution < 1.29 is 28.5 Å². The van der Waals surface area contributed by atoms with Crippen molar-refractivity contribution in [3.63, 3.8) is 0 Å². The Morgan fingerprint density at radius 2 is 0.908 bits per heavy atom. The van der Waals surface area contributed by atoms with Crippen molar-refractivity contribution in [3.05, 3.63) is 125 Å². The van der Waals surface area contributed by atoms with Crippen molar-refractivity contribution in [3.8, 4) is 29.1 Å². The number of hydrogen-bond donors (Lipinski definition) is 4. The number of nitrogens with two attached hydrogens (primary N) is 2. The molecular formula is C49H62N10O6. The number of amides is 2. The fourth-order valence-electron chi connectivity index (χ4n) is 6.92. The second kappa shape index (κ2) is 27.1. The number of hydrogen-bond acceptors (Lipinski definition) is 11. The number of carbonyl (C=O) groups is 2. The summed E-state index contributed by atoms with van der Waals surface area (Å²) >= 11 is 0. The van der Waals surface area contributed by atoms with Gasteiger partial charge in [-0.25, -0.2) is 4.85 Å².